The van der Waals surface area contributed by atoms with Crippen LogP contribution in [0.1, 0.15) is 24.1 Å². The fourth-order valence-corrected chi connectivity index (χ4v) is 4.46. The van der Waals surface area contributed by atoms with Crippen LogP contribution in [0.5, 0.6) is 0 Å². The van der Waals surface area contributed by atoms with E-state index in [0.29, 0.717) is 0 Å². The quantitative estimate of drug-likeness (QED) is 0.633. The number of anilines is 1. The van der Waals surface area contributed by atoms with Crippen LogP contribution in [0.25, 0.3) is 0 Å². The van der Waals surface area contributed by atoms with Crippen molar-refractivity contribution in [2.24, 2.45) is 4.99 Å². The van der Waals surface area contributed by atoms with Crippen molar-refractivity contribution in [1.29, 1.82) is 0 Å². The Morgan fingerprint density at radius 2 is 2.21 bits per heavy atom. The monoisotopic (exact) mass is 363 g/mol. The largest absolute Gasteiger partial charge is 0.356 e. The number of rotatable bonds is 6. The zero-order valence-corrected chi connectivity index (χ0v) is 16.0. The Kier molecular flexibility index (Phi) is 6.09. The summed E-state index contributed by atoms with van der Waals surface area (Å²) in [5, 5.41) is 11.1. The average molecular weight is 364 g/mol. The number of thiophene rings is 1. The molecule has 1 aliphatic heterocycles. The lowest BCUT2D eigenvalue weighted by Crippen LogP contribution is -2.39. The van der Waals surface area contributed by atoms with Crippen LogP contribution >= 0.6 is 22.7 Å². The maximum absolute atomic E-state index is 4.77. The molecule has 0 amide bonds. The van der Waals surface area contributed by atoms with E-state index in [9.17, 15) is 0 Å². The summed E-state index contributed by atoms with van der Waals surface area (Å²) in [6.45, 7) is 4.04. The second-order valence-electron chi connectivity index (χ2n) is 6.03. The summed E-state index contributed by atoms with van der Waals surface area (Å²) in [4.78, 5) is 13.7. The Bertz CT molecular complexity index is 644. The third-order valence-corrected chi connectivity index (χ3v) is 5.84. The van der Waals surface area contributed by atoms with E-state index in [4.69, 9.17) is 4.98 Å². The number of aromatic nitrogens is 1. The summed E-state index contributed by atoms with van der Waals surface area (Å²) in [5.41, 5.74) is 2.49. The molecular formula is C17H25N5S2. The minimum atomic E-state index is 0.851. The van der Waals surface area contributed by atoms with Crippen LogP contribution in [0.4, 0.5) is 5.13 Å². The van der Waals surface area contributed by atoms with Gasteiger partial charge in [0.15, 0.2) is 11.1 Å². The van der Waals surface area contributed by atoms with Gasteiger partial charge in [-0.25, -0.2) is 4.98 Å². The normalized spacial score (nSPS) is 15.1. The fourth-order valence-electron chi connectivity index (χ4n) is 2.88. The van der Waals surface area contributed by atoms with Gasteiger partial charge < -0.3 is 15.1 Å². The van der Waals surface area contributed by atoms with E-state index in [-0.39, 0.29) is 0 Å². The van der Waals surface area contributed by atoms with Gasteiger partial charge in [0.05, 0.1) is 5.69 Å². The molecule has 3 rings (SSSR count). The van der Waals surface area contributed by atoms with Crippen molar-refractivity contribution in [3.05, 3.63) is 33.5 Å². The van der Waals surface area contributed by atoms with Crippen LogP contribution in [0.15, 0.2) is 27.2 Å². The highest BCUT2D eigenvalue weighted by molar-refractivity contribution is 7.13. The van der Waals surface area contributed by atoms with Gasteiger partial charge in [0.2, 0.25) is 0 Å². The summed E-state index contributed by atoms with van der Waals surface area (Å²) in [6, 6.07) is 2.16. The van der Waals surface area contributed by atoms with Gasteiger partial charge in [-0.05, 0) is 35.2 Å². The highest BCUT2D eigenvalue weighted by atomic mass is 32.1. The molecule has 0 unspecified atom stereocenters. The predicted octanol–water partition coefficient (Wildman–Crippen LogP) is 3.05. The van der Waals surface area contributed by atoms with E-state index in [1.165, 1.54) is 29.2 Å². The molecule has 130 valence electrons. The molecule has 0 aliphatic carbocycles. The molecule has 5 nitrogen and oxygen atoms in total. The van der Waals surface area contributed by atoms with E-state index in [2.05, 4.69) is 49.4 Å². The van der Waals surface area contributed by atoms with Crippen molar-refractivity contribution in [3.63, 3.8) is 0 Å². The van der Waals surface area contributed by atoms with Crippen molar-refractivity contribution >= 4 is 33.8 Å². The van der Waals surface area contributed by atoms with E-state index in [1.807, 2.05) is 7.05 Å². The number of hydrogen-bond acceptors (Lipinski definition) is 5. The van der Waals surface area contributed by atoms with Gasteiger partial charge in [-0.15, -0.1) is 11.3 Å². The van der Waals surface area contributed by atoms with E-state index < -0.39 is 0 Å². The topological polar surface area (TPSA) is 43.8 Å². The van der Waals surface area contributed by atoms with Crippen LogP contribution in [0.3, 0.4) is 0 Å². The zero-order chi connectivity index (χ0) is 16.8. The predicted molar refractivity (Wildman–Crippen MR) is 104 cm³/mol. The molecule has 1 N–H and O–H groups in total. The molecule has 0 radical (unpaired) electrons. The minimum absolute atomic E-state index is 0.851. The molecule has 0 atom stereocenters. The Labute approximate surface area is 152 Å². The van der Waals surface area contributed by atoms with Crippen molar-refractivity contribution in [3.8, 4) is 0 Å². The molecule has 0 saturated carbocycles. The zero-order valence-electron chi connectivity index (χ0n) is 14.4. The first-order chi connectivity index (χ1) is 11.8. The number of aliphatic imine (C=N–C) groups is 1. The van der Waals surface area contributed by atoms with Crippen molar-refractivity contribution in [2.75, 3.05) is 38.6 Å². The van der Waals surface area contributed by atoms with Gasteiger partial charge >= 0.3 is 0 Å². The Morgan fingerprint density at radius 3 is 2.92 bits per heavy atom. The first kappa shape index (κ1) is 17.2. The van der Waals surface area contributed by atoms with Gasteiger partial charge in [-0.2, -0.15) is 11.3 Å². The van der Waals surface area contributed by atoms with Crippen molar-refractivity contribution < 1.29 is 0 Å². The summed E-state index contributed by atoms with van der Waals surface area (Å²) < 4.78 is 0. The van der Waals surface area contributed by atoms with Gasteiger partial charge in [-0.3, -0.25) is 4.99 Å². The second-order valence-corrected chi connectivity index (χ2v) is 7.64. The number of guanidine groups is 1. The van der Waals surface area contributed by atoms with Gasteiger partial charge in [-0.1, -0.05) is 0 Å². The summed E-state index contributed by atoms with van der Waals surface area (Å²) >= 11 is 3.50. The Hall–Kier alpha value is -1.60. The Morgan fingerprint density at radius 1 is 1.38 bits per heavy atom. The SMILES string of the molecule is CN=C(NCCc1csc(N2CCCC2)n1)N(C)Cc1ccsc1. The lowest BCUT2D eigenvalue weighted by Gasteiger charge is -2.21. The average Bonchev–Trinajstić information content (AvgIpc) is 3.32. The molecule has 2 aromatic rings. The lowest BCUT2D eigenvalue weighted by atomic mass is 10.3. The number of nitrogens with one attached hydrogen (secondary N) is 1. The summed E-state index contributed by atoms with van der Waals surface area (Å²) in [6.07, 6.45) is 3.52. The molecular weight excluding hydrogens is 338 g/mol. The van der Waals surface area contributed by atoms with E-state index in [1.54, 1.807) is 22.7 Å². The third kappa shape index (κ3) is 4.48. The minimum Gasteiger partial charge on any atom is -0.356 e. The molecule has 0 aromatic carbocycles. The first-order valence-corrected chi connectivity index (χ1v) is 10.2. The van der Waals surface area contributed by atoms with Crippen molar-refractivity contribution in [1.82, 2.24) is 15.2 Å². The third-order valence-electron chi connectivity index (χ3n) is 4.15. The van der Waals surface area contributed by atoms with Crippen LogP contribution in [-0.4, -0.2) is 49.6 Å². The van der Waals surface area contributed by atoms with E-state index >= 15 is 0 Å². The number of nitrogens with zero attached hydrogens (tertiary/aromatic N) is 4. The van der Waals surface area contributed by atoms with Crippen molar-refractivity contribution in [2.45, 2.75) is 25.8 Å². The summed E-state index contributed by atoms with van der Waals surface area (Å²) in [5.74, 6) is 0.927. The molecule has 1 fully saturated rings. The smallest absolute Gasteiger partial charge is 0.193 e. The summed E-state index contributed by atoms with van der Waals surface area (Å²) in [7, 11) is 3.90. The molecule has 3 heterocycles. The maximum atomic E-state index is 4.77. The second kappa shape index (κ2) is 8.48. The van der Waals surface area contributed by atoms with Crippen LogP contribution in [-0.2, 0) is 13.0 Å². The van der Waals surface area contributed by atoms with E-state index in [0.717, 1.165) is 38.6 Å². The van der Waals surface area contributed by atoms with Crippen LogP contribution in [0.2, 0.25) is 0 Å². The van der Waals surface area contributed by atoms with Crippen LogP contribution < -0.4 is 10.2 Å². The highest BCUT2D eigenvalue weighted by Crippen LogP contribution is 2.24. The number of hydrogen-bond donors (Lipinski definition) is 1. The Balaban J connectivity index is 1.46. The highest BCUT2D eigenvalue weighted by Gasteiger charge is 2.15. The molecule has 7 heteroatoms. The van der Waals surface area contributed by atoms with Gasteiger partial charge in [0.25, 0.3) is 0 Å². The number of thiazole rings is 1. The maximum Gasteiger partial charge on any atom is 0.193 e. The standard InChI is InChI=1S/C17H25N5S2/c1-18-16(21(2)11-14-6-10-23-12-14)19-7-5-15-13-24-17(20-15)22-8-3-4-9-22/h6,10,12-13H,3-5,7-9,11H2,1-2H3,(H,18,19). The molecule has 1 saturated heterocycles. The molecule has 24 heavy (non-hydrogen) atoms. The van der Waals surface area contributed by atoms with Gasteiger partial charge in [0, 0.05) is 52.1 Å². The molecule has 1 aliphatic rings. The molecule has 2 aromatic heterocycles. The van der Waals surface area contributed by atoms with Gasteiger partial charge in [0.1, 0.15) is 0 Å². The molecule has 0 bridgehead atoms. The lowest BCUT2D eigenvalue weighted by molar-refractivity contribution is 0.478. The molecule has 0 spiro atoms. The fraction of sp³-hybridized carbons (Fsp3) is 0.529. The van der Waals surface area contributed by atoms with Crippen LogP contribution in [0, 0.1) is 0 Å². The first-order valence-electron chi connectivity index (χ1n) is 8.38.